The maximum Gasteiger partial charge on any atom is 0.407 e. The van der Waals surface area contributed by atoms with E-state index >= 15 is 0 Å². The van der Waals surface area contributed by atoms with Gasteiger partial charge in [-0.15, -0.1) is 0 Å². The highest BCUT2D eigenvalue weighted by molar-refractivity contribution is 5.88. The minimum Gasteiger partial charge on any atom is -0.453 e. The fourth-order valence-corrected chi connectivity index (χ4v) is 2.36. The van der Waals surface area contributed by atoms with Crippen LogP contribution in [0.1, 0.15) is 26.3 Å². The van der Waals surface area contributed by atoms with Crippen LogP contribution in [0.25, 0.3) is 11.3 Å². The highest BCUT2D eigenvalue weighted by atomic mass is 16.5. The first-order valence-corrected chi connectivity index (χ1v) is 8.50. The van der Waals surface area contributed by atoms with Gasteiger partial charge in [0.15, 0.2) is 0 Å². The van der Waals surface area contributed by atoms with Crippen molar-refractivity contribution in [3.8, 4) is 11.3 Å². The summed E-state index contributed by atoms with van der Waals surface area (Å²) in [6.45, 7) is 5.52. The summed E-state index contributed by atoms with van der Waals surface area (Å²) in [4.78, 5) is 28.1. The van der Waals surface area contributed by atoms with E-state index in [4.69, 9.17) is 0 Å². The number of benzene rings is 1. The van der Waals surface area contributed by atoms with Gasteiger partial charge < -0.3 is 10.1 Å². The summed E-state index contributed by atoms with van der Waals surface area (Å²) in [6.07, 6.45) is 2.62. The summed E-state index contributed by atoms with van der Waals surface area (Å²) in [7, 11) is 1.25. The molecular weight excluding hydrogens is 344 g/mol. The molecule has 0 fully saturated rings. The van der Waals surface area contributed by atoms with Gasteiger partial charge in [-0.3, -0.25) is 9.78 Å². The van der Waals surface area contributed by atoms with Gasteiger partial charge in [-0.1, -0.05) is 51.1 Å². The highest BCUT2D eigenvalue weighted by Gasteiger charge is 2.33. The molecule has 1 atom stereocenters. The first-order valence-electron chi connectivity index (χ1n) is 8.50. The molecule has 1 unspecified atom stereocenters. The molecule has 2 aromatic rings. The second-order valence-electron chi connectivity index (χ2n) is 7.01. The third kappa shape index (κ3) is 5.91. The molecule has 0 saturated heterocycles. The molecule has 2 N–H and O–H groups in total. The van der Waals surface area contributed by atoms with Crippen LogP contribution in [0.15, 0.2) is 53.8 Å². The standard InChI is InChI=1S/C20H24N4O3/c1-20(2,3)17(23-19(26)27-4)18(25)24-22-13-14-8-10-15(11-9-14)16-7-5-6-12-21-16/h5-13,17H,1-4H3,(H,23,26)(H,24,25)/b22-13-. The number of alkyl carbamates (subject to hydrolysis) is 1. The largest absolute Gasteiger partial charge is 0.453 e. The number of methoxy groups -OCH3 is 1. The lowest BCUT2D eigenvalue weighted by molar-refractivity contribution is -0.125. The van der Waals surface area contributed by atoms with Gasteiger partial charge in [-0.2, -0.15) is 5.10 Å². The molecule has 0 spiro atoms. The summed E-state index contributed by atoms with van der Waals surface area (Å²) in [5.74, 6) is -0.422. The zero-order valence-corrected chi connectivity index (χ0v) is 15.9. The van der Waals surface area contributed by atoms with Crippen LogP contribution in [0.3, 0.4) is 0 Å². The Bertz CT molecular complexity index is 796. The molecule has 2 amide bonds. The normalized spacial score (nSPS) is 12.4. The molecule has 0 aliphatic rings. The Hall–Kier alpha value is -3.22. The van der Waals surface area contributed by atoms with Gasteiger partial charge in [0.2, 0.25) is 0 Å². The molecular formula is C20H24N4O3. The molecule has 142 valence electrons. The number of nitrogens with zero attached hydrogens (tertiary/aromatic N) is 2. The van der Waals surface area contributed by atoms with Gasteiger partial charge in [0, 0.05) is 11.8 Å². The SMILES string of the molecule is COC(=O)NC(C(=O)N/N=C\c1ccc(-c2ccccn2)cc1)C(C)(C)C. The van der Waals surface area contributed by atoms with E-state index in [0.29, 0.717) is 0 Å². The van der Waals surface area contributed by atoms with Gasteiger partial charge in [-0.05, 0) is 23.1 Å². The number of hydrogen-bond acceptors (Lipinski definition) is 5. The van der Waals surface area contributed by atoms with Gasteiger partial charge in [0.25, 0.3) is 5.91 Å². The summed E-state index contributed by atoms with van der Waals surface area (Å²) < 4.78 is 4.57. The first-order chi connectivity index (χ1) is 12.8. The number of hydrazone groups is 1. The Morgan fingerprint density at radius 2 is 1.85 bits per heavy atom. The molecule has 27 heavy (non-hydrogen) atoms. The van der Waals surface area contributed by atoms with Gasteiger partial charge in [0.1, 0.15) is 6.04 Å². The Kier molecular flexibility index (Phi) is 6.65. The maximum absolute atomic E-state index is 12.4. The summed E-state index contributed by atoms with van der Waals surface area (Å²) in [5, 5.41) is 6.51. The maximum atomic E-state index is 12.4. The Labute approximate surface area is 158 Å². The third-order valence-corrected chi connectivity index (χ3v) is 3.84. The van der Waals surface area contributed by atoms with Crippen molar-refractivity contribution < 1.29 is 14.3 Å². The van der Waals surface area contributed by atoms with Gasteiger partial charge >= 0.3 is 6.09 Å². The molecule has 2 rings (SSSR count). The van der Waals surface area contributed by atoms with Crippen LogP contribution in [0.5, 0.6) is 0 Å². The third-order valence-electron chi connectivity index (χ3n) is 3.84. The van der Waals surface area contributed by atoms with Crippen molar-refractivity contribution in [2.24, 2.45) is 10.5 Å². The van der Waals surface area contributed by atoms with E-state index in [0.717, 1.165) is 16.8 Å². The van der Waals surface area contributed by atoms with Gasteiger partial charge in [0.05, 0.1) is 19.0 Å². The molecule has 0 aliphatic heterocycles. The lowest BCUT2D eigenvalue weighted by atomic mass is 9.86. The van der Waals surface area contributed by atoms with Gasteiger partial charge in [-0.25, -0.2) is 10.2 Å². The number of aromatic nitrogens is 1. The van der Waals surface area contributed by atoms with Crippen molar-refractivity contribution in [1.29, 1.82) is 0 Å². The van der Waals surface area contributed by atoms with Crippen molar-refractivity contribution in [1.82, 2.24) is 15.7 Å². The van der Waals surface area contributed by atoms with E-state index < -0.39 is 23.5 Å². The van der Waals surface area contributed by atoms with Crippen molar-refractivity contribution >= 4 is 18.2 Å². The van der Waals surface area contributed by atoms with Crippen molar-refractivity contribution in [3.63, 3.8) is 0 Å². The van der Waals surface area contributed by atoms with Crippen LogP contribution in [0, 0.1) is 5.41 Å². The summed E-state index contributed by atoms with van der Waals surface area (Å²) >= 11 is 0. The number of amides is 2. The number of pyridine rings is 1. The second-order valence-corrected chi connectivity index (χ2v) is 7.01. The summed E-state index contributed by atoms with van der Waals surface area (Å²) in [5.41, 5.74) is 4.66. The monoisotopic (exact) mass is 368 g/mol. The highest BCUT2D eigenvalue weighted by Crippen LogP contribution is 2.19. The summed E-state index contributed by atoms with van der Waals surface area (Å²) in [6, 6.07) is 12.6. The lowest BCUT2D eigenvalue weighted by Gasteiger charge is -2.28. The second kappa shape index (κ2) is 8.93. The molecule has 1 heterocycles. The molecule has 1 aromatic heterocycles. The Morgan fingerprint density at radius 1 is 1.15 bits per heavy atom. The minimum absolute atomic E-state index is 0.422. The first kappa shape index (κ1) is 20.1. The number of carbonyl (C=O) groups excluding carboxylic acids is 2. The van der Waals surface area contributed by atoms with Crippen molar-refractivity contribution in [2.75, 3.05) is 7.11 Å². The van der Waals surface area contributed by atoms with E-state index in [2.05, 4.69) is 25.6 Å². The number of rotatable bonds is 5. The Morgan fingerprint density at radius 3 is 2.41 bits per heavy atom. The molecule has 1 aromatic carbocycles. The zero-order valence-electron chi connectivity index (χ0n) is 15.9. The molecule has 0 saturated carbocycles. The zero-order chi connectivity index (χ0) is 19.9. The number of carbonyl (C=O) groups is 2. The van der Waals surface area contributed by atoms with Crippen LogP contribution in [0.2, 0.25) is 0 Å². The average Bonchev–Trinajstić information content (AvgIpc) is 2.66. The molecule has 0 aliphatic carbocycles. The fraction of sp³-hybridized carbons (Fsp3) is 0.300. The Balaban J connectivity index is 2.00. The molecule has 7 heteroatoms. The van der Waals surface area contributed by atoms with Crippen molar-refractivity contribution in [3.05, 3.63) is 54.2 Å². The average molecular weight is 368 g/mol. The van der Waals surface area contributed by atoms with Crippen LogP contribution in [-0.2, 0) is 9.53 Å². The number of ether oxygens (including phenoxy) is 1. The quantitative estimate of drug-likeness (QED) is 0.627. The van der Waals surface area contributed by atoms with Crippen LogP contribution in [0.4, 0.5) is 4.79 Å². The predicted molar refractivity (Wildman–Crippen MR) is 104 cm³/mol. The van der Waals surface area contributed by atoms with Crippen molar-refractivity contribution in [2.45, 2.75) is 26.8 Å². The van der Waals surface area contributed by atoms with Crippen LogP contribution in [-0.4, -0.2) is 36.4 Å². The van der Waals surface area contributed by atoms with Crippen LogP contribution >= 0.6 is 0 Å². The molecule has 0 radical (unpaired) electrons. The minimum atomic E-state index is -0.784. The van der Waals surface area contributed by atoms with E-state index in [1.54, 1.807) is 6.20 Å². The predicted octanol–water partition coefficient (Wildman–Crippen LogP) is 2.97. The van der Waals surface area contributed by atoms with E-state index in [1.807, 2.05) is 63.2 Å². The van der Waals surface area contributed by atoms with E-state index in [9.17, 15) is 9.59 Å². The topological polar surface area (TPSA) is 92.7 Å². The molecule has 7 nitrogen and oxygen atoms in total. The van der Waals surface area contributed by atoms with E-state index in [1.165, 1.54) is 13.3 Å². The number of nitrogens with one attached hydrogen (secondary N) is 2. The van der Waals surface area contributed by atoms with Crippen LogP contribution < -0.4 is 10.7 Å². The number of hydrogen-bond donors (Lipinski definition) is 2. The lowest BCUT2D eigenvalue weighted by Crippen LogP contribution is -2.52. The van der Waals surface area contributed by atoms with E-state index in [-0.39, 0.29) is 0 Å². The smallest absolute Gasteiger partial charge is 0.407 e. The molecule has 0 bridgehead atoms. The fourth-order valence-electron chi connectivity index (χ4n) is 2.36.